The minimum absolute atomic E-state index is 0.229. The van der Waals surface area contributed by atoms with Gasteiger partial charge in [0.15, 0.2) is 0 Å². The van der Waals surface area contributed by atoms with E-state index in [1.807, 2.05) is 48.5 Å². The van der Waals surface area contributed by atoms with E-state index >= 15 is 0 Å². The number of halogens is 2. The van der Waals surface area contributed by atoms with Crippen LogP contribution in [0.15, 0.2) is 78.9 Å². The molecular formula is C26H25Cl2NO3. The van der Waals surface area contributed by atoms with Gasteiger partial charge in [0.05, 0.1) is 28.8 Å². The average Bonchev–Trinajstić information content (AvgIpc) is 2.82. The van der Waals surface area contributed by atoms with Gasteiger partial charge in [-0.1, -0.05) is 77.8 Å². The van der Waals surface area contributed by atoms with Gasteiger partial charge in [0.25, 0.3) is 0 Å². The van der Waals surface area contributed by atoms with Crippen molar-refractivity contribution in [3.8, 4) is 0 Å². The van der Waals surface area contributed by atoms with Crippen molar-refractivity contribution in [2.75, 3.05) is 26.3 Å². The zero-order chi connectivity index (χ0) is 22.4. The number of carbonyl (C=O) groups excluding carboxylic acids is 1. The molecule has 166 valence electrons. The molecule has 1 aliphatic heterocycles. The first-order chi connectivity index (χ1) is 15.6. The lowest BCUT2D eigenvalue weighted by Crippen LogP contribution is -2.50. The maximum Gasteiger partial charge on any atom is 0.338 e. The molecule has 1 heterocycles. The van der Waals surface area contributed by atoms with Gasteiger partial charge in [0, 0.05) is 26.1 Å². The Morgan fingerprint density at radius 1 is 0.969 bits per heavy atom. The fourth-order valence-electron chi connectivity index (χ4n) is 4.05. The number of carbonyl (C=O) groups is 1. The van der Waals surface area contributed by atoms with Crippen molar-refractivity contribution in [1.29, 1.82) is 0 Å². The van der Waals surface area contributed by atoms with Crippen LogP contribution in [0.3, 0.4) is 0 Å². The Kier molecular flexibility index (Phi) is 7.48. The van der Waals surface area contributed by atoms with Gasteiger partial charge in [-0.2, -0.15) is 0 Å². The molecule has 0 spiro atoms. The monoisotopic (exact) mass is 469 g/mol. The summed E-state index contributed by atoms with van der Waals surface area (Å²) in [4.78, 5) is 14.8. The van der Waals surface area contributed by atoms with E-state index in [0.29, 0.717) is 35.2 Å². The van der Waals surface area contributed by atoms with Gasteiger partial charge >= 0.3 is 5.97 Å². The number of esters is 1. The van der Waals surface area contributed by atoms with Crippen LogP contribution in [0.2, 0.25) is 10.0 Å². The number of hydrogen-bond acceptors (Lipinski definition) is 4. The predicted molar refractivity (Wildman–Crippen MR) is 127 cm³/mol. The molecule has 6 heteroatoms. The van der Waals surface area contributed by atoms with Crippen LogP contribution in [0.1, 0.15) is 27.9 Å². The smallest absolute Gasteiger partial charge is 0.338 e. The average molecular weight is 470 g/mol. The predicted octanol–water partition coefficient (Wildman–Crippen LogP) is 5.97. The third kappa shape index (κ3) is 5.51. The van der Waals surface area contributed by atoms with E-state index < -0.39 is 5.60 Å². The molecule has 4 nitrogen and oxygen atoms in total. The number of hydrogen-bond donors (Lipinski definition) is 0. The maximum atomic E-state index is 12.4. The summed E-state index contributed by atoms with van der Waals surface area (Å²) in [6.45, 7) is 3.09. The second-order valence-electron chi connectivity index (χ2n) is 7.92. The Labute approximate surface area is 198 Å². The van der Waals surface area contributed by atoms with Crippen molar-refractivity contribution in [3.05, 3.63) is 106 Å². The molecule has 4 rings (SSSR count). The van der Waals surface area contributed by atoms with Crippen molar-refractivity contribution in [1.82, 2.24) is 4.90 Å². The van der Waals surface area contributed by atoms with Gasteiger partial charge < -0.3 is 9.47 Å². The summed E-state index contributed by atoms with van der Waals surface area (Å²) in [5.74, 6) is -0.341. The van der Waals surface area contributed by atoms with Gasteiger partial charge in [-0.15, -0.1) is 0 Å². The Balaban J connectivity index is 1.52. The SMILES string of the molecule is O=C(OCCC1(c2ccc(Cl)c(Cl)c2)CN(Cc2ccccc2)CCO1)c1ccccc1. The fraction of sp³-hybridized carbons (Fsp3) is 0.269. The molecule has 1 saturated heterocycles. The number of rotatable bonds is 7. The van der Waals surface area contributed by atoms with Crippen molar-refractivity contribution in [2.24, 2.45) is 0 Å². The van der Waals surface area contributed by atoms with Gasteiger partial charge in [-0.05, 0) is 35.4 Å². The third-order valence-corrected chi connectivity index (χ3v) is 6.45. The summed E-state index contributed by atoms with van der Waals surface area (Å²) in [5.41, 5.74) is 2.05. The quantitative estimate of drug-likeness (QED) is 0.399. The lowest BCUT2D eigenvalue weighted by molar-refractivity contribution is -0.127. The second-order valence-corrected chi connectivity index (χ2v) is 8.73. The van der Waals surface area contributed by atoms with E-state index in [-0.39, 0.29) is 12.6 Å². The molecule has 0 N–H and O–H groups in total. The van der Waals surface area contributed by atoms with Gasteiger partial charge in [0.1, 0.15) is 5.60 Å². The van der Waals surface area contributed by atoms with Crippen molar-refractivity contribution >= 4 is 29.2 Å². The van der Waals surface area contributed by atoms with Crippen molar-refractivity contribution in [2.45, 2.75) is 18.6 Å². The molecule has 1 aliphatic rings. The molecule has 0 saturated carbocycles. The molecular weight excluding hydrogens is 445 g/mol. The molecule has 0 radical (unpaired) electrons. The summed E-state index contributed by atoms with van der Waals surface area (Å²) in [7, 11) is 0. The Morgan fingerprint density at radius 3 is 2.41 bits per heavy atom. The van der Waals surface area contributed by atoms with Gasteiger partial charge in [-0.3, -0.25) is 4.90 Å². The zero-order valence-electron chi connectivity index (χ0n) is 17.7. The van der Waals surface area contributed by atoms with Crippen LogP contribution in [-0.4, -0.2) is 37.2 Å². The summed E-state index contributed by atoms with van der Waals surface area (Å²) < 4.78 is 12.0. The second kappa shape index (κ2) is 10.5. The summed E-state index contributed by atoms with van der Waals surface area (Å²) in [6, 6.07) is 24.9. The van der Waals surface area contributed by atoms with Gasteiger partial charge in [-0.25, -0.2) is 4.79 Å². The molecule has 1 unspecified atom stereocenters. The van der Waals surface area contributed by atoms with E-state index in [1.54, 1.807) is 18.2 Å². The van der Waals surface area contributed by atoms with Crippen LogP contribution in [-0.2, 0) is 21.6 Å². The number of nitrogens with zero attached hydrogens (tertiary/aromatic N) is 1. The zero-order valence-corrected chi connectivity index (χ0v) is 19.2. The standard InChI is InChI=1S/C26H25Cl2NO3/c27-23-12-11-22(17-24(23)28)26(13-15-31-25(30)21-9-5-2-6-10-21)19-29(14-16-32-26)18-20-7-3-1-4-8-20/h1-12,17H,13-16,18-19H2. The molecule has 3 aromatic carbocycles. The van der Waals surface area contributed by atoms with Crippen LogP contribution in [0.5, 0.6) is 0 Å². The van der Waals surface area contributed by atoms with Gasteiger partial charge in [0.2, 0.25) is 0 Å². The highest BCUT2D eigenvalue weighted by atomic mass is 35.5. The lowest BCUT2D eigenvalue weighted by atomic mass is 9.88. The first kappa shape index (κ1) is 22.8. The number of morpholine rings is 1. The van der Waals surface area contributed by atoms with Crippen LogP contribution >= 0.6 is 23.2 Å². The lowest BCUT2D eigenvalue weighted by Gasteiger charge is -2.43. The van der Waals surface area contributed by atoms with Crippen molar-refractivity contribution in [3.63, 3.8) is 0 Å². The Hall–Kier alpha value is -2.37. The highest BCUT2D eigenvalue weighted by Gasteiger charge is 2.39. The summed E-state index contributed by atoms with van der Waals surface area (Å²) in [5, 5.41) is 0.978. The van der Waals surface area contributed by atoms with Crippen LogP contribution in [0.25, 0.3) is 0 Å². The molecule has 0 aliphatic carbocycles. The molecule has 0 bridgehead atoms. The normalized spacial score (nSPS) is 18.9. The Bertz CT molecular complexity index is 1050. The summed E-state index contributed by atoms with van der Waals surface area (Å²) in [6.07, 6.45) is 0.509. The highest BCUT2D eigenvalue weighted by Crippen LogP contribution is 2.37. The van der Waals surface area contributed by atoms with E-state index in [0.717, 1.165) is 18.7 Å². The molecule has 0 amide bonds. The minimum atomic E-state index is -0.655. The summed E-state index contributed by atoms with van der Waals surface area (Å²) >= 11 is 12.5. The number of ether oxygens (including phenoxy) is 2. The van der Waals surface area contributed by atoms with Crippen molar-refractivity contribution < 1.29 is 14.3 Å². The van der Waals surface area contributed by atoms with Crippen LogP contribution < -0.4 is 0 Å². The molecule has 1 fully saturated rings. The maximum absolute atomic E-state index is 12.4. The first-order valence-corrected chi connectivity index (χ1v) is 11.4. The van der Waals surface area contributed by atoms with Crippen LogP contribution in [0.4, 0.5) is 0 Å². The van der Waals surface area contributed by atoms with Crippen LogP contribution in [0, 0.1) is 0 Å². The first-order valence-electron chi connectivity index (χ1n) is 10.6. The third-order valence-electron chi connectivity index (χ3n) is 5.71. The molecule has 1 atom stereocenters. The highest BCUT2D eigenvalue weighted by molar-refractivity contribution is 6.42. The molecule has 0 aromatic heterocycles. The van der Waals surface area contributed by atoms with E-state index in [1.165, 1.54) is 5.56 Å². The van der Waals surface area contributed by atoms with E-state index in [2.05, 4.69) is 17.0 Å². The molecule has 3 aromatic rings. The topological polar surface area (TPSA) is 38.8 Å². The Morgan fingerprint density at radius 2 is 1.69 bits per heavy atom. The minimum Gasteiger partial charge on any atom is -0.462 e. The number of benzene rings is 3. The molecule has 32 heavy (non-hydrogen) atoms. The largest absolute Gasteiger partial charge is 0.462 e. The van der Waals surface area contributed by atoms with E-state index in [9.17, 15) is 4.79 Å². The fourth-order valence-corrected chi connectivity index (χ4v) is 4.35. The van der Waals surface area contributed by atoms with E-state index in [4.69, 9.17) is 32.7 Å².